The number of aryl methyl sites for hydroxylation is 3. The zero-order valence-electron chi connectivity index (χ0n) is 33.3. The second-order valence-electron chi connectivity index (χ2n) is 15.2. The van der Waals surface area contributed by atoms with Gasteiger partial charge in [0, 0.05) is 26.3 Å². The minimum Gasteiger partial charge on any atom is -0.439 e. The number of benzene rings is 4. The van der Waals surface area contributed by atoms with Crippen molar-refractivity contribution in [3.8, 4) is 28.2 Å². The maximum atomic E-state index is 8.08. The summed E-state index contributed by atoms with van der Waals surface area (Å²) in [6.07, 6.45) is 0. The quantitative estimate of drug-likeness (QED) is 0.172. The summed E-state index contributed by atoms with van der Waals surface area (Å²) >= 11 is 0. The molecule has 50 heavy (non-hydrogen) atoms. The lowest BCUT2D eigenvalue weighted by molar-refractivity contribution is -0.633. The van der Waals surface area contributed by atoms with Gasteiger partial charge in [0.1, 0.15) is 16.8 Å². The predicted molar refractivity (Wildman–Crippen MR) is 204 cm³/mol. The van der Waals surface area contributed by atoms with Crippen molar-refractivity contribution in [3.63, 3.8) is 0 Å². The Morgan fingerprint density at radius 2 is 1.48 bits per heavy atom. The Bertz CT molecular complexity index is 2700. The Morgan fingerprint density at radius 1 is 0.800 bits per heavy atom. The first-order valence-electron chi connectivity index (χ1n) is 19.0. The minimum absolute atomic E-state index is 0.0205. The Balaban J connectivity index is 1.57. The average Bonchev–Trinajstić information content (AvgIpc) is 3.80. The van der Waals surface area contributed by atoms with Gasteiger partial charge in [0.2, 0.25) is 11.6 Å². The van der Waals surface area contributed by atoms with Crippen LogP contribution in [0, 0.1) is 13.8 Å². The SMILES string of the molecule is [2H]C([2H])([2H])c1ccc2c(n1)oc1c(-c3n(-c4c(C(C)C)cc(-c5ccccc5)cc4C(C)C)c4ccccc4[n+]3C)c(C)c3nc(C(C)(C)C)oc3c12. The topological polar surface area (TPSA) is 60.9 Å². The number of fused-ring (bicyclic) bond motifs is 6. The lowest BCUT2D eigenvalue weighted by Crippen LogP contribution is -2.30. The van der Waals surface area contributed by atoms with Crippen molar-refractivity contribution in [2.45, 2.75) is 79.5 Å². The van der Waals surface area contributed by atoms with Gasteiger partial charge in [-0.1, -0.05) is 90.9 Å². The maximum Gasteiger partial charge on any atom is 0.299 e. The molecular formula is C44H45N4O2+. The third kappa shape index (κ3) is 4.79. The van der Waals surface area contributed by atoms with Crippen LogP contribution in [0.3, 0.4) is 0 Å². The number of aromatic nitrogens is 4. The number of pyridine rings is 1. The van der Waals surface area contributed by atoms with Gasteiger partial charge in [-0.2, -0.15) is 4.57 Å². The first-order chi connectivity index (χ1) is 25.1. The first kappa shape index (κ1) is 28.6. The normalized spacial score (nSPS) is 13.7. The fourth-order valence-corrected chi connectivity index (χ4v) is 7.44. The monoisotopic (exact) mass is 664 g/mol. The number of hydrogen-bond acceptors (Lipinski definition) is 4. The molecule has 0 spiro atoms. The summed E-state index contributed by atoms with van der Waals surface area (Å²) in [6.45, 7) is 15.0. The van der Waals surface area contributed by atoms with E-state index in [4.69, 9.17) is 17.9 Å². The highest BCUT2D eigenvalue weighted by molar-refractivity contribution is 6.20. The molecule has 0 radical (unpaired) electrons. The van der Waals surface area contributed by atoms with Gasteiger partial charge in [-0.25, -0.2) is 14.5 Å². The van der Waals surface area contributed by atoms with Gasteiger partial charge in [-0.05, 0) is 78.7 Å². The molecule has 0 aliphatic rings. The van der Waals surface area contributed by atoms with Crippen molar-refractivity contribution < 1.29 is 17.5 Å². The lowest BCUT2D eigenvalue weighted by atomic mass is 9.88. The third-order valence-corrected chi connectivity index (χ3v) is 9.99. The molecule has 4 aromatic heterocycles. The van der Waals surface area contributed by atoms with E-state index in [1.165, 1.54) is 22.3 Å². The molecule has 0 saturated carbocycles. The summed E-state index contributed by atoms with van der Waals surface area (Å²) in [5.41, 5.74) is 11.6. The van der Waals surface area contributed by atoms with Crippen LogP contribution < -0.4 is 4.57 Å². The number of oxazole rings is 1. The highest BCUT2D eigenvalue weighted by atomic mass is 16.4. The Kier molecular flexibility index (Phi) is 6.52. The molecule has 0 fully saturated rings. The third-order valence-electron chi connectivity index (χ3n) is 9.99. The van der Waals surface area contributed by atoms with Crippen LogP contribution in [0.25, 0.3) is 72.4 Å². The van der Waals surface area contributed by atoms with E-state index in [0.29, 0.717) is 22.4 Å². The molecule has 0 aliphatic carbocycles. The molecule has 0 saturated heterocycles. The van der Waals surface area contributed by atoms with E-state index in [-0.39, 0.29) is 28.7 Å². The first-order valence-corrected chi connectivity index (χ1v) is 17.5. The number of para-hydroxylation sites is 2. The molecule has 6 nitrogen and oxygen atoms in total. The van der Waals surface area contributed by atoms with Crippen molar-refractivity contribution in [1.82, 2.24) is 14.5 Å². The molecular weight excluding hydrogens is 617 g/mol. The Labute approximate surface area is 297 Å². The van der Waals surface area contributed by atoms with Crippen LogP contribution in [0.4, 0.5) is 0 Å². The zero-order chi connectivity index (χ0) is 37.7. The van der Waals surface area contributed by atoms with Gasteiger partial charge < -0.3 is 8.83 Å². The number of furan rings is 1. The summed E-state index contributed by atoms with van der Waals surface area (Å²) in [7, 11) is 2.10. The molecule has 4 aromatic carbocycles. The van der Waals surface area contributed by atoms with E-state index in [2.05, 4.69) is 143 Å². The maximum absolute atomic E-state index is 8.08. The van der Waals surface area contributed by atoms with Crippen LogP contribution in [0.5, 0.6) is 0 Å². The number of nitrogens with zero attached hydrogens (tertiary/aromatic N) is 4. The van der Waals surface area contributed by atoms with Crippen LogP contribution in [0.2, 0.25) is 0 Å². The fraction of sp³-hybridized carbons (Fsp3) is 0.295. The minimum atomic E-state index is -2.39. The number of hydrogen-bond donors (Lipinski definition) is 0. The summed E-state index contributed by atoms with van der Waals surface area (Å²) < 4.78 is 42.3. The molecule has 0 aliphatic heterocycles. The van der Waals surface area contributed by atoms with Gasteiger partial charge in [0.15, 0.2) is 22.2 Å². The van der Waals surface area contributed by atoms with E-state index < -0.39 is 6.85 Å². The Hall–Kier alpha value is -5.23. The van der Waals surface area contributed by atoms with E-state index in [9.17, 15) is 0 Å². The standard InChI is InChI=1S/C44H45N4O2/c1-24(2)31-22-29(28-16-12-11-13-17-28)23-32(25(3)4)38(31)48-34-19-15-14-18-33(34)47(10)42(48)35-27(6)37-40(50-43(46-37)44(7,8)9)36-30-21-20-26(5)45-41(30)49-39(35)36/h11-25H,1-10H3/q+1/i5D3. The summed E-state index contributed by atoms with van der Waals surface area (Å²) in [4.78, 5) is 9.71. The molecule has 8 rings (SSSR count). The van der Waals surface area contributed by atoms with Crippen LogP contribution in [0.15, 0.2) is 87.7 Å². The number of rotatable bonds is 5. The summed E-state index contributed by atoms with van der Waals surface area (Å²) in [5, 5.41) is 1.41. The average molecular weight is 665 g/mol. The number of imidazole rings is 1. The molecule has 0 amide bonds. The van der Waals surface area contributed by atoms with E-state index in [1.54, 1.807) is 12.1 Å². The van der Waals surface area contributed by atoms with E-state index in [1.807, 2.05) is 0 Å². The van der Waals surface area contributed by atoms with Gasteiger partial charge >= 0.3 is 0 Å². The van der Waals surface area contributed by atoms with Crippen molar-refractivity contribution in [2.75, 3.05) is 0 Å². The van der Waals surface area contributed by atoms with E-state index >= 15 is 0 Å². The van der Waals surface area contributed by atoms with Crippen molar-refractivity contribution in [3.05, 3.63) is 107 Å². The molecule has 6 heteroatoms. The van der Waals surface area contributed by atoms with Crippen molar-refractivity contribution in [2.24, 2.45) is 7.05 Å². The molecule has 4 heterocycles. The van der Waals surface area contributed by atoms with Crippen LogP contribution in [0.1, 0.15) is 92.7 Å². The molecule has 0 unspecified atom stereocenters. The molecule has 0 N–H and O–H groups in total. The predicted octanol–water partition coefficient (Wildman–Crippen LogP) is 11.4. The summed E-state index contributed by atoms with van der Waals surface area (Å²) in [5.74, 6) is 1.93. The highest BCUT2D eigenvalue weighted by Crippen LogP contribution is 2.46. The molecule has 252 valence electrons. The largest absolute Gasteiger partial charge is 0.439 e. The molecule has 0 bridgehead atoms. The van der Waals surface area contributed by atoms with Crippen LogP contribution >= 0.6 is 0 Å². The van der Waals surface area contributed by atoms with Gasteiger partial charge in [-0.3, -0.25) is 0 Å². The molecule has 8 aromatic rings. The fourth-order valence-electron chi connectivity index (χ4n) is 7.44. The van der Waals surface area contributed by atoms with Gasteiger partial charge in [-0.15, -0.1) is 0 Å². The second-order valence-corrected chi connectivity index (χ2v) is 15.2. The van der Waals surface area contributed by atoms with Crippen molar-refractivity contribution >= 4 is 44.2 Å². The highest BCUT2D eigenvalue weighted by Gasteiger charge is 2.36. The van der Waals surface area contributed by atoms with Crippen LogP contribution in [-0.4, -0.2) is 14.5 Å². The smallest absolute Gasteiger partial charge is 0.299 e. The summed E-state index contributed by atoms with van der Waals surface area (Å²) in [6, 6.07) is 27.1. The zero-order valence-corrected chi connectivity index (χ0v) is 30.3. The van der Waals surface area contributed by atoms with Crippen molar-refractivity contribution in [1.29, 1.82) is 0 Å². The van der Waals surface area contributed by atoms with Crippen LogP contribution in [-0.2, 0) is 12.5 Å². The van der Waals surface area contributed by atoms with E-state index in [0.717, 1.165) is 44.6 Å². The van der Waals surface area contributed by atoms with Gasteiger partial charge in [0.05, 0.1) is 17.8 Å². The van der Waals surface area contributed by atoms with Gasteiger partial charge in [0.25, 0.3) is 5.82 Å². The lowest BCUT2D eigenvalue weighted by Gasteiger charge is -2.21. The molecule has 0 atom stereocenters. The Morgan fingerprint density at radius 3 is 2.14 bits per heavy atom. The second kappa shape index (κ2) is 11.4.